The molecule has 5 heteroatoms. The minimum absolute atomic E-state index is 0.133. The molecule has 0 bridgehead atoms. The Kier molecular flexibility index (Phi) is 1.31. The Morgan fingerprint density at radius 2 is 2.33 bits per heavy atom. The Balaban J connectivity index is 2.25. The van der Waals surface area contributed by atoms with Crippen molar-refractivity contribution in [3.63, 3.8) is 0 Å². The van der Waals surface area contributed by atoms with Gasteiger partial charge in [-0.2, -0.15) is 5.26 Å². The van der Waals surface area contributed by atoms with E-state index in [1.807, 2.05) is 0 Å². The summed E-state index contributed by atoms with van der Waals surface area (Å²) in [5.74, 6) is 0. The summed E-state index contributed by atoms with van der Waals surface area (Å²) >= 11 is 0. The Hall–Kier alpha value is -0.670. The van der Waals surface area contributed by atoms with Gasteiger partial charge in [-0.1, -0.05) is 0 Å². The first-order valence-corrected chi connectivity index (χ1v) is 3.70. The van der Waals surface area contributed by atoms with Gasteiger partial charge >= 0.3 is 0 Å². The maximum atomic E-state index is 9.58. The Labute approximate surface area is 68.8 Å². The van der Waals surface area contributed by atoms with E-state index in [9.17, 15) is 10.2 Å². The molecular formula is C7H9NO4. The molecule has 0 unspecified atom stereocenters. The number of hydrogen-bond acceptors (Lipinski definition) is 5. The fourth-order valence-electron chi connectivity index (χ4n) is 1.75. The van der Waals surface area contributed by atoms with Crippen molar-refractivity contribution in [2.24, 2.45) is 0 Å². The molecule has 0 radical (unpaired) electrons. The lowest BCUT2D eigenvalue weighted by Crippen LogP contribution is -2.37. The van der Waals surface area contributed by atoms with Crippen molar-refractivity contribution in [1.82, 2.24) is 0 Å². The summed E-state index contributed by atoms with van der Waals surface area (Å²) in [4.78, 5) is 0. The normalized spacial score (nSPS) is 56.2. The first-order chi connectivity index (χ1) is 5.59. The van der Waals surface area contributed by atoms with E-state index in [4.69, 9.17) is 15.1 Å². The Morgan fingerprint density at radius 1 is 1.67 bits per heavy atom. The molecule has 66 valence electrons. The van der Waals surface area contributed by atoms with Crippen LogP contribution in [0.5, 0.6) is 0 Å². The second-order valence-electron chi connectivity index (χ2n) is 3.32. The van der Waals surface area contributed by atoms with Crippen molar-refractivity contribution in [2.45, 2.75) is 29.8 Å². The van der Waals surface area contributed by atoms with Crippen molar-refractivity contribution in [3.8, 4) is 6.07 Å². The van der Waals surface area contributed by atoms with Crippen LogP contribution in [0.2, 0.25) is 0 Å². The second-order valence-corrected chi connectivity index (χ2v) is 3.32. The van der Waals surface area contributed by atoms with Crippen LogP contribution in [-0.4, -0.2) is 45.3 Å². The van der Waals surface area contributed by atoms with Crippen LogP contribution >= 0.6 is 0 Å². The van der Waals surface area contributed by atoms with Gasteiger partial charge in [0, 0.05) is 6.42 Å². The number of nitriles is 1. The highest BCUT2D eigenvalue weighted by molar-refractivity contribution is 5.37. The molecule has 0 aromatic rings. The van der Waals surface area contributed by atoms with Gasteiger partial charge in [0.25, 0.3) is 0 Å². The molecule has 0 aromatic heterocycles. The van der Waals surface area contributed by atoms with Gasteiger partial charge in [-0.3, -0.25) is 0 Å². The van der Waals surface area contributed by atoms with Gasteiger partial charge in [-0.15, -0.1) is 0 Å². The largest absolute Gasteiger partial charge is 0.394 e. The fraction of sp³-hybridized carbons (Fsp3) is 0.857. The van der Waals surface area contributed by atoms with Gasteiger partial charge in [0.2, 0.25) is 0 Å². The molecule has 0 aromatic carbocycles. The van der Waals surface area contributed by atoms with E-state index in [-0.39, 0.29) is 13.0 Å². The van der Waals surface area contributed by atoms with Crippen LogP contribution < -0.4 is 0 Å². The summed E-state index contributed by atoms with van der Waals surface area (Å²) < 4.78 is 5.03. The lowest BCUT2D eigenvalue weighted by Gasteiger charge is -2.15. The maximum Gasteiger partial charge on any atom is 0.188 e. The number of nitrogens with zero attached hydrogens (tertiary/aromatic N) is 1. The van der Waals surface area contributed by atoms with Gasteiger partial charge in [0.1, 0.15) is 23.9 Å². The van der Waals surface area contributed by atoms with Crippen LogP contribution in [0.4, 0.5) is 0 Å². The van der Waals surface area contributed by atoms with Crippen molar-refractivity contribution in [3.05, 3.63) is 0 Å². The third kappa shape index (κ3) is 0.619. The SMILES string of the molecule is N#C[C@]12C[C@@]1(O)[C@H](O)[C@@H](CO)O2. The van der Waals surface area contributed by atoms with Gasteiger partial charge in [0.15, 0.2) is 5.60 Å². The number of rotatable bonds is 1. The van der Waals surface area contributed by atoms with E-state index in [0.717, 1.165) is 0 Å². The van der Waals surface area contributed by atoms with E-state index in [1.54, 1.807) is 6.07 Å². The van der Waals surface area contributed by atoms with Gasteiger partial charge in [-0.05, 0) is 0 Å². The molecule has 5 nitrogen and oxygen atoms in total. The predicted octanol–water partition coefficient (Wildman–Crippen LogP) is -1.86. The van der Waals surface area contributed by atoms with Crippen molar-refractivity contribution in [1.29, 1.82) is 5.26 Å². The van der Waals surface area contributed by atoms with E-state index < -0.39 is 23.4 Å². The zero-order valence-electron chi connectivity index (χ0n) is 6.27. The van der Waals surface area contributed by atoms with Crippen molar-refractivity contribution >= 4 is 0 Å². The first-order valence-electron chi connectivity index (χ1n) is 3.70. The standard InChI is InChI=1S/C7H9NO4/c8-3-6-2-7(6,11)5(10)4(1-9)12-6/h4-5,9-11H,1-2H2/t4-,5-,6-,7-/m1/s1. The minimum Gasteiger partial charge on any atom is -0.394 e. The highest BCUT2D eigenvalue weighted by Crippen LogP contribution is 2.59. The van der Waals surface area contributed by atoms with Gasteiger partial charge in [-0.25, -0.2) is 0 Å². The number of hydrogen-bond donors (Lipinski definition) is 3. The molecule has 0 amide bonds. The predicted molar refractivity (Wildman–Crippen MR) is 35.9 cm³/mol. The van der Waals surface area contributed by atoms with E-state index in [1.165, 1.54) is 0 Å². The van der Waals surface area contributed by atoms with Crippen LogP contribution in [0.15, 0.2) is 0 Å². The maximum absolute atomic E-state index is 9.58. The molecule has 1 aliphatic carbocycles. The molecule has 3 N–H and O–H groups in total. The number of aliphatic hydroxyl groups is 3. The summed E-state index contributed by atoms with van der Waals surface area (Å²) in [5.41, 5.74) is -2.71. The summed E-state index contributed by atoms with van der Waals surface area (Å²) in [7, 11) is 0. The molecular weight excluding hydrogens is 162 g/mol. The van der Waals surface area contributed by atoms with E-state index >= 15 is 0 Å². The lowest BCUT2D eigenvalue weighted by atomic mass is 10.1. The van der Waals surface area contributed by atoms with Gasteiger partial charge in [0.05, 0.1) is 6.61 Å². The molecule has 12 heavy (non-hydrogen) atoms. The molecule has 1 saturated heterocycles. The molecule has 1 saturated carbocycles. The number of aliphatic hydroxyl groups excluding tert-OH is 2. The molecule has 0 spiro atoms. The third-order valence-corrected chi connectivity index (χ3v) is 2.65. The second kappa shape index (κ2) is 1.98. The quantitative estimate of drug-likeness (QED) is 0.430. The zero-order chi connectivity index (χ0) is 8.98. The Morgan fingerprint density at radius 3 is 2.67 bits per heavy atom. The van der Waals surface area contributed by atoms with Crippen molar-refractivity contribution in [2.75, 3.05) is 6.61 Å². The van der Waals surface area contributed by atoms with Crippen LogP contribution in [0.1, 0.15) is 6.42 Å². The lowest BCUT2D eigenvalue weighted by molar-refractivity contribution is -0.0547. The zero-order valence-corrected chi connectivity index (χ0v) is 6.27. The average molecular weight is 171 g/mol. The molecule has 2 aliphatic rings. The summed E-state index contributed by atoms with van der Waals surface area (Å²) in [5, 5.41) is 36.3. The third-order valence-electron chi connectivity index (χ3n) is 2.65. The van der Waals surface area contributed by atoms with Crippen molar-refractivity contribution < 1.29 is 20.1 Å². The highest BCUT2D eigenvalue weighted by Gasteiger charge is 2.80. The average Bonchev–Trinajstić information content (AvgIpc) is 2.62. The fourth-order valence-corrected chi connectivity index (χ4v) is 1.75. The van der Waals surface area contributed by atoms with E-state index in [0.29, 0.717) is 0 Å². The Bertz CT molecular complexity index is 263. The monoisotopic (exact) mass is 171 g/mol. The molecule has 4 atom stereocenters. The number of ether oxygens (including phenoxy) is 1. The van der Waals surface area contributed by atoms with E-state index in [2.05, 4.69) is 0 Å². The molecule has 1 heterocycles. The smallest absolute Gasteiger partial charge is 0.188 e. The molecule has 2 rings (SSSR count). The van der Waals surface area contributed by atoms with Crippen LogP contribution in [0.25, 0.3) is 0 Å². The summed E-state index contributed by atoms with van der Waals surface area (Å²) in [6, 6.07) is 1.81. The van der Waals surface area contributed by atoms with Gasteiger partial charge < -0.3 is 20.1 Å². The summed E-state index contributed by atoms with van der Waals surface area (Å²) in [6.07, 6.45) is -1.85. The van der Waals surface area contributed by atoms with Crippen LogP contribution in [-0.2, 0) is 4.74 Å². The summed E-state index contributed by atoms with van der Waals surface area (Å²) in [6.45, 7) is -0.382. The first kappa shape index (κ1) is 7.95. The number of fused-ring (bicyclic) bond motifs is 1. The molecule has 1 aliphatic heterocycles. The van der Waals surface area contributed by atoms with Crippen LogP contribution in [0, 0.1) is 11.3 Å². The molecule has 2 fully saturated rings. The highest BCUT2D eigenvalue weighted by atomic mass is 16.6. The minimum atomic E-state index is -1.45. The topological polar surface area (TPSA) is 93.7 Å². The van der Waals surface area contributed by atoms with Crippen LogP contribution in [0.3, 0.4) is 0 Å².